The molecule has 1 N–H and O–H groups in total. The lowest BCUT2D eigenvalue weighted by molar-refractivity contribution is 0.0777. The predicted molar refractivity (Wildman–Crippen MR) is 213 cm³/mol. The van der Waals surface area contributed by atoms with Crippen molar-refractivity contribution in [1.29, 1.82) is 0 Å². The molecule has 11 nitrogen and oxygen atoms in total. The van der Waals surface area contributed by atoms with Crippen molar-refractivity contribution in [2.45, 2.75) is 51.1 Å². The summed E-state index contributed by atoms with van der Waals surface area (Å²) in [6, 6.07) is 20.5. The molecule has 0 aliphatic carbocycles. The van der Waals surface area contributed by atoms with Crippen LogP contribution >= 0.6 is 23.2 Å². The van der Waals surface area contributed by atoms with Gasteiger partial charge in [0.1, 0.15) is 5.75 Å². The highest BCUT2D eigenvalue weighted by Gasteiger charge is 2.42. The van der Waals surface area contributed by atoms with Gasteiger partial charge in [0.2, 0.25) is 5.95 Å². The standard InChI is InChI=1S/C40H52Cl2N8O3/c1-5-53-24-23-49-36-10-7-6-9-35(36)43-39(49)47-18-8-17-46(21-22-47)19-15-40(30-11-13-33(41)34(42)25-30)16-20-48(28-40)38(51)32-26-31(12-14-37(32)52-4)50-29(2)27-45(3)44-50/h6-7,9-14,25-26,29,44H,5,8,15-24,27-28H2,1-4H3. The first-order valence-electron chi connectivity index (χ1n) is 18.9. The maximum atomic E-state index is 14.4. The number of hydrogen-bond acceptors (Lipinski definition) is 9. The van der Waals surface area contributed by atoms with Crippen LogP contribution < -0.4 is 20.2 Å². The molecular formula is C40H52Cl2N8O3. The van der Waals surface area contributed by atoms with Crippen molar-refractivity contribution in [2.24, 2.45) is 0 Å². The van der Waals surface area contributed by atoms with Crippen LogP contribution in [0.3, 0.4) is 0 Å². The molecule has 3 saturated heterocycles. The SMILES string of the molecule is CCOCCn1c(N2CCCN(CCC3(c4ccc(Cl)c(Cl)c4)CCN(C(=O)c4cc(N5NN(C)CC5C)ccc4OC)C3)CC2)nc2ccccc21. The Morgan fingerprint density at radius 3 is 2.62 bits per heavy atom. The number of hydrazine groups is 2. The van der Waals surface area contributed by atoms with Crippen LogP contribution in [0.15, 0.2) is 60.7 Å². The van der Waals surface area contributed by atoms with Gasteiger partial charge in [0, 0.05) is 64.9 Å². The van der Waals surface area contributed by atoms with Gasteiger partial charge in [-0.15, -0.1) is 0 Å². The summed E-state index contributed by atoms with van der Waals surface area (Å²) >= 11 is 13.1. The minimum atomic E-state index is -0.276. The number of imidazole rings is 1. The number of likely N-dealkylation sites (N-methyl/N-ethyl adjacent to an activating group) is 1. The number of ether oxygens (including phenoxy) is 2. The largest absolute Gasteiger partial charge is 0.496 e. The second kappa shape index (κ2) is 16.4. The second-order valence-electron chi connectivity index (χ2n) is 14.7. The van der Waals surface area contributed by atoms with Gasteiger partial charge in [-0.25, -0.2) is 9.99 Å². The van der Waals surface area contributed by atoms with E-state index in [-0.39, 0.29) is 17.4 Å². The van der Waals surface area contributed by atoms with Gasteiger partial charge in [0.25, 0.3) is 5.91 Å². The molecule has 0 saturated carbocycles. The van der Waals surface area contributed by atoms with Crippen molar-refractivity contribution >= 4 is 51.8 Å². The summed E-state index contributed by atoms with van der Waals surface area (Å²) in [6.07, 6.45) is 2.76. The van der Waals surface area contributed by atoms with Crippen LogP contribution in [-0.4, -0.2) is 116 Å². The van der Waals surface area contributed by atoms with Crippen LogP contribution in [0.25, 0.3) is 11.0 Å². The van der Waals surface area contributed by atoms with Gasteiger partial charge < -0.3 is 28.7 Å². The summed E-state index contributed by atoms with van der Waals surface area (Å²) in [5.41, 5.74) is 7.89. The quantitative estimate of drug-likeness (QED) is 0.167. The molecule has 53 heavy (non-hydrogen) atoms. The average Bonchev–Trinajstić information content (AvgIpc) is 3.81. The zero-order valence-corrected chi connectivity index (χ0v) is 32.9. The van der Waals surface area contributed by atoms with Crippen molar-refractivity contribution in [1.82, 2.24) is 29.9 Å². The van der Waals surface area contributed by atoms with E-state index < -0.39 is 0 Å². The van der Waals surface area contributed by atoms with Gasteiger partial charge in [0.15, 0.2) is 0 Å². The molecule has 4 heterocycles. The van der Waals surface area contributed by atoms with Crippen LogP contribution in [0.4, 0.5) is 11.6 Å². The van der Waals surface area contributed by atoms with E-state index in [0.29, 0.717) is 47.7 Å². The number of halogens is 2. The van der Waals surface area contributed by atoms with Crippen molar-refractivity contribution in [2.75, 3.05) is 89.6 Å². The Morgan fingerprint density at radius 1 is 1.00 bits per heavy atom. The van der Waals surface area contributed by atoms with Crippen LogP contribution in [0.5, 0.6) is 5.75 Å². The molecule has 1 amide bonds. The fourth-order valence-electron chi connectivity index (χ4n) is 8.34. The number of benzene rings is 3. The molecule has 3 aromatic carbocycles. The van der Waals surface area contributed by atoms with Crippen LogP contribution in [0, 0.1) is 0 Å². The molecule has 7 rings (SSSR count). The third-order valence-corrected chi connectivity index (χ3v) is 11.9. The second-order valence-corrected chi connectivity index (χ2v) is 15.5. The lowest BCUT2D eigenvalue weighted by atomic mass is 9.76. The molecule has 13 heteroatoms. The zero-order chi connectivity index (χ0) is 37.1. The number of rotatable bonds is 12. The fourth-order valence-corrected chi connectivity index (χ4v) is 8.64. The molecule has 3 aliphatic heterocycles. The number of amides is 1. The lowest BCUT2D eigenvalue weighted by Gasteiger charge is -2.33. The minimum Gasteiger partial charge on any atom is -0.496 e. The Kier molecular flexibility index (Phi) is 11.7. The summed E-state index contributed by atoms with van der Waals surface area (Å²) in [7, 11) is 3.64. The van der Waals surface area contributed by atoms with E-state index in [1.165, 1.54) is 0 Å². The number of fused-ring (bicyclic) bond motifs is 1. The van der Waals surface area contributed by atoms with Gasteiger partial charge in [-0.1, -0.05) is 41.4 Å². The van der Waals surface area contributed by atoms with Crippen LogP contribution in [-0.2, 0) is 16.7 Å². The zero-order valence-electron chi connectivity index (χ0n) is 31.4. The summed E-state index contributed by atoms with van der Waals surface area (Å²) in [6.45, 7) is 13.1. The third kappa shape index (κ3) is 7.97. The molecular weight excluding hydrogens is 711 g/mol. The van der Waals surface area contributed by atoms with E-state index >= 15 is 0 Å². The van der Waals surface area contributed by atoms with Crippen molar-refractivity contribution in [3.63, 3.8) is 0 Å². The first-order valence-corrected chi connectivity index (χ1v) is 19.6. The maximum absolute atomic E-state index is 14.4. The highest BCUT2D eigenvalue weighted by molar-refractivity contribution is 6.42. The third-order valence-electron chi connectivity index (χ3n) is 11.2. The van der Waals surface area contributed by atoms with Gasteiger partial charge in [-0.3, -0.25) is 9.80 Å². The number of likely N-dealkylation sites (tertiary alicyclic amines) is 1. The maximum Gasteiger partial charge on any atom is 0.257 e. The number of carbonyl (C=O) groups is 1. The first-order chi connectivity index (χ1) is 25.7. The number of carbonyl (C=O) groups excluding carboxylic acids is 1. The number of para-hydroxylation sites is 2. The Labute approximate surface area is 323 Å². The number of hydrogen-bond donors (Lipinski definition) is 1. The summed E-state index contributed by atoms with van der Waals surface area (Å²) in [4.78, 5) is 26.5. The number of nitrogens with one attached hydrogen (secondary N) is 1. The molecule has 0 bridgehead atoms. The topological polar surface area (TPSA) is 81.6 Å². The Hall–Kier alpha value is -3.58. The fraction of sp³-hybridized carbons (Fsp3) is 0.500. The van der Waals surface area contributed by atoms with Crippen molar-refractivity contribution < 1.29 is 14.3 Å². The highest BCUT2D eigenvalue weighted by atomic mass is 35.5. The predicted octanol–water partition coefficient (Wildman–Crippen LogP) is 6.33. The minimum absolute atomic E-state index is 0.0246. The van der Waals surface area contributed by atoms with Crippen LogP contribution in [0.2, 0.25) is 10.0 Å². The highest BCUT2D eigenvalue weighted by Crippen LogP contribution is 2.41. The smallest absolute Gasteiger partial charge is 0.257 e. The van der Waals surface area contributed by atoms with E-state index in [2.05, 4.69) is 62.2 Å². The normalized spacial score (nSPS) is 21.5. The molecule has 3 fully saturated rings. The summed E-state index contributed by atoms with van der Waals surface area (Å²) < 4.78 is 13.8. The number of aromatic nitrogens is 2. The average molecular weight is 764 g/mol. The van der Waals surface area contributed by atoms with Gasteiger partial charge in [-0.05, 0) is 94.2 Å². The molecule has 1 aromatic heterocycles. The Bertz CT molecular complexity index is 1910. The van der Waals surface area contributed by atoms with Crippen LogP contribution in [0.1, 0.15) is 49.0 Å². The van der Waals surface area contributed by atoms with E-state index in [1.807, 2.05) is 54.2 Å². The van der Waals surface area contributed by atoms with Crippen molar-refractivity contribution in [3.05, 3.63) is 81.8 Å². The van der Waals surface area contributed by atoms with E-state index in [9.17, 15) is 4.79 Å². The number of methoxy groups -OCH3 is 1. The Morgan fingerprint density at radius 2 is 1.85 bits per heavy atom. The molecule has 284 valence electrons. The van der Waals surface area contributed by atoms with E-state index in [4.69, 9.17) is 37.7 Å². The summed E-state index contributed by atoms with van der Waals surface area (Å²) in [5.74, 6) is 1.57. The number of nitrogens with zero attached hydrogens (tertiary/aromatic N) is 7. The molecule has 2 unspecified atom stereocenters. The molecule has 0 radical (unpaired) electrons. The van der Waals surface area contributed by atoms with Gasteiger partial charge in [-0.2, -0.15) is 5.53 Å². The first kappa shape index (κ1) is 37.7. The molecule has 3 aliphatic rings. The van der Waals surface area contributed by atoms with Gasteiger partial charge in [0.05, 0.1) is 52.1 Å². The summed E-state index contributed by atoms with van der Waals surface area (Å²) in [5, 5.41) is 5.22. The monoisotopic (exact) mass is 762 g/mol. The van der Waals surface area contributed by atoms with E-state index in [0.717, 1.165) is 93.3 Å². The van der Waals surface area contributed by atoms with Crippen molar-refractivity contribution in [3.8, 4) is 5.75 Å². The van der Waals surface area contributed by atoms with Gasteiger partial charge >= 0.3 is 0 Å². The Balaban J connectivity index is 1.08. The molecule has 0 spiro atoms. The number of anilines is 2. The molecule has 2 atom stereocenters. The lowest BCUT2D eigenvalue weighted by Crippen LogP contribution is -2.40. The van der Waals surface area contributed by atoms with E-state index in [1.54, 1.807) is 7.11 Å². The molecule has 4 aromatic rings.